The Hall–Kier alpha value is -1.17. The van der Waals surface area contributed by atoms with E-state index in [1.807, 2.05) is 18.2 Å². The third-order valence-corrected chi connectivity index (χ3v) is 4.18. The third-order valence-electron chi connectivity index (χ3n) is 2.93. The lowest BCUT2D eigenvalue weighted by molar-refractivity contribution is 0.416. The highest BCUT2D eigenvalue weighted by atomic mass is 35.5. The molecule has 0 amide bonds. The van der Waals surface area contributed by atoms with Crippen LogP contribution >= 0.6 is 22.9 Å². The van der Waals surface area contributed by atoms with Crippen molar-refractivity contribution in [3.05, 3.63) is 28.2 Å². The highest BCUT2D eigenvalue weighted by Gasteiger charge is 2.12. The lowest BCUT2D eigenvalue weighted by atomic mass is 10.2. The molecule has 1 aromatic heterocycles. The third kappa shape index (κ3) is 4.66. The van der Waals surface area contributed by atoms with Gasteiger partial charge >= 0.3 is 0 Å². The minimum absolute atomic E-state index is 0.658. The monoisotopic (exact) mass is 325 g/mol. The minimum Gasteiger partial charge on any atom is -0.496 e. The van der Waals surface area contributed by atoms with Crippen molar-refractivity contribution in [3.8, 4) is 16.3 Å². The first-order chi connectivity index (χ1) is 10.1. The number of hydrogen-bond acceptors (Lipinski definition) is 5. The van der Waals surface area contributed by atoms with Crippen molar-refractivity contribution in [2.45, 2.75) is 20.3 Å². The summed E-state index contributed by atoms with van der Waals surface area (Å²) < 4.78 is 5.36. The molecule has 0 unspecified atom stereocenters. The fourth-order valence-electron chi connectivity index (χ4n) is 1.90. The number of halogens is 1. The Morgan fingerprint density at radius 2 is 2.14 bits per heavy atom. The Morgan fingerprint density at radius 3 is 2.86 bits per heavy atom. The summed E-state index contributed by atoms with van der Waals surface area (Å²) in [5, 5.41) is 14.4. The van der Waals surface area contributed by atoms with Crippen LogP contribution in [0.15, 0.2) is 18.2 Å². The van der Waals surface area contributed by atoms with Gasteiger partial charge < -0.3 is 10.1 Å². The summed E-state index contributed by atoms with van der Waals surface area (Å²) >= 11 is 7.64. The Labute approximate surface area is 134 Å². The Bertz CT molecular complexity index is 586. The van der Waals surface area contributed by atoms with Gasteiger partial charge in [0, 0.05) is 18.0 Å². The van der Waals surface area contributed by atoms with Gasteiger partial charge in [-0.15, -0.1) is 10.2 Å². The summed E-state index contributed by atoms with van der Waals surface area (Å²) in [7, 11) is 1.64. The van der Waals surface area contributed by atoms with E-state index in [1.165, 1.54) is 0 Å². The van der Waals surface area contributed by atoms with Crippen LogP contribution in [-0.2, 0) is 6.42 Å². The van der Waals surface area contributed by atoms with E-state index in [0.717, 1.165) is 40.8 Å². The number of methoxy groups -OCH3 is 1. The van der Waals surface area contributed by atoms with Gasteiger partial charge in [-0.3, -0.25) is 0 Å². The van der Waals surface area contributed by atoms with E-state index < -0.39 is 0 Å². The van der Waals surface area contributed by atoms with Crippen LogP contribution < -0.4 is 10.1 Å². The molecule has 1 heterocycles. The molecule has 1 aromatic carbocycles. The smallest absolute Gasteiger partial charge is 0.151 e. The summed E-state index contributed by atoms with van der Waals surface area (Å²) in [5.74, 6) is 1.42. The zero-order valence-corrected chi connectivity index (χ0v) is 14.1. The zero-order valence-electron chi connectivity index (χ0n) is 12.5. The van der Waals surface area contributed by atoms with Crippen LogP contribution in [0.25, 0.3) is 10.6 Å². The van der Waals surface area contributed by atoms with Crippen LogP contribution in [0, 0.1) is 5.92 Å². The van der Waals surface area contributed by atoms with Crippen molar-refractivity contribution in [3.63, 3.8) is 0 Å². The highest BCUT2D eigenvalue weighted by molar-refractivity contribution is 7.14. The fraction of sp³-hybridized carbons (Fsp3) is 0.467. The average molecular weight is 326 g/mol. The largest absolute Gasteiger partial charge is 0.496 e. The number of nitrogens with one attached hydrogen (secondary N) is 1. The van der Waals surface area contributed by atoms with Crippen LogP contribution in [0.5, 0.6) is 5.75 Å². The summed E-state index contributed by atoms with van der Waals surface area (Å²) in [5.41, 5.74) is 0.892. The molecule has 0 saturated carbocycles. The normalized spacial score (nSPS) is 11.1. The molecule has 0 aliphatic rings. The maximum atomic E-state index is 6.05. The van der Waals surface area contributed by atoms with Crippen LogP contribution in [-0.4, -0.2) is 30.4 Å². The van der Waals surface area contributed by atoms with Crippen molar-refractivity contribution in [2.24, 2.45) is 5.92 Å². The molecule has 2 aromatic rings. The average Bonchev–Trinajstić information content (AvgIpc) is 2.92. The van der Waals surface area contributed by atoms with E-state index in [0.29, 0.717) is 10.9 Å². The molecule has 6 heteroatoms. The molecule has 114 valence electrons. The highest BCUT2D eigenvalue weighted by Crippen LogP contribution is 2.34. The Kier molecular flexibility index (Phi) is 5.96. The van der Waals surface area contributed by atoms with E-state index in [1.54, 1.807) is 18.4 Å². The van der Waals surface area contributed by atoms with Crippen molar-refractivity contribution in [2.75, 3.05) is 20.2 Å². The molecule has 0 bridgehead atoms. The lowest BCUT2D eigenvalue weighted by Crippen LogP contribution is -2.22. The van der Waals surface area contributed by atoms with Gasteiger partial charge in [-0.1, -0.05) is 36.8 Å². The Balaban J connectivity index is 2.04. The second-order valence-corrected chi connectivity index (χ2v) is 6.69. The molecule has 0 aliphatic heterocycles. The van der Waals surface area contributed by atoms with Gasteiger partial charge in [0.1, 0.15) is 10.8 Å². The number of ether oxygens (including phenoxy) is 1. The van der Waals surface area contributed by atoms with Crippen molar-refractivity contribution in [1.82, 2.24) is 15.5 Å². The van der Waals surface area contributed by atoms with E-state index in [2.05, 4.69) is 29.4 Å². The van der Waals surface area contributed by atoms with Gasteiger partial charge in [0.25, 0.3) is 0 Å². The SMILES string of the molecule is COc1ccc(Cl)cc1-c1nnc(CCNCC(C)C)s1. The van der Waals surface area contributed by atoms with Gasteiger partial charge in [0.05, 0.1) is 12.7 Å². The van der Waals surface area contributed by atoms with Crippen LogP contribution in [0.1, 0.15) is 18.9 Å². The zero-order chi connectivity index (χ0) is 15.2. The van der Waals surface area contributed by atoms with E-state index in [9.17, 15) is 0 Å². The molecule has 0 spiro atoms. The molecule has 0 radical (unpaired) electrons. The number of aromatic nitrogens is 2. The van der Waals surface area contributed by atoms with Crippen molar-refractivity contribution in [1.29, 1.82) is 0 Å². The van der Waals surface area contributed by atoms with Crippen LogP contribution in [0.4, 0.5) is 0 Å². The first kappa shape index (κ1) is 16.2. The predicted octanol–water partition coefficient (Wildman–Crippen LogP) is 3.66. The molecule has 0 atom stereocenters. The molecule has 4 nitrogen and oxygen atoms in total. The second-order valence-electron chi connectivity index (χ2n) is 5.19. The second kappa shape index (κ2) is 7.73. The quantitative estimate of drug-likeness (QED) is 0.789. The topological polar surface area (TPSA) is 47.0 Å². The minimum atomic E-state index is 0.658. The maximum absolute atomic E-state index is 6.05. The molecular weight excluding hydrogens is 306 g/mol. The van der Waals surface area contributed by atoms with E-state index >= 15 is 0 Å². The molecule has 0 saturated heterocycles. The number of benzene rings is 1. The summed E-state index contributed by atoms with van der Waals surface area (Å²) in [6.07, 6.45) is 0.882. The molecule has 1 N–H and O–H groups in total. The van der Waals surface area contributed by atoms with Crippen LogP contribution in [0.3, 0.4) is 0 Å². The molecule has 2 rings (SSSR count). The van der Waals surface area contributed by atoms with E-state index in [4.69, 9.17) is 16.3 Å². The molecule has 0 fully saturated rings. The van der Waals surface area contributed by atoms with Crippen molar-refractivity contribution < 1.29 is 4.74 Å². The van der Waals surface area contributed by atoms with Crippen molar-refractivity contribution >= 4 is 22.9 Å². The standard InChI is InChI=1S/C15H20ClN3OS/c1-10(2)9-17-7-6-14-18-19-15(21-14)12-8-11(16)4-5-13(12)20-3/h4-5,8,10,17H,6-7,9H2,1-3H3. The predicted molar refractivity (Wildman–Crippen MR) is 88.3 cm³/mol. The number of nitrogens with zero attached hydrogens (tertiary/aromatic N) is 2. The molecule has 0 aliphatic carbocycles. The summed E-state index contributed by atoms with van der Waals surface area (Å²) in [6, 6.07) is 5.52. The van der Waals surface area contributed by atoms with Gasteiger partial charge in [0.2, 0.25) is 0 Å². The first-order valence-electron chi connectivity index (χ1n) is 6.97. The molecular formula is C15H20ClN3OS. The van der Waals surface area contributed by atoms with E-state index in [-0.39, 0.29) is 0 Å². The van der Waals surface area contributed by atoms with Gasteiger partial charge in [-0.2, -0.15) is 0 Å². The van der Waals surface area contributed by atoms with Gasteiger partial charge in [-0.25, -0.2) is 0 Å². The number of hydrogen-bond donors (Lipinski definition) is 1. The lowest BCUT2D eigenvalue weighted by Gasteiger charge is -2.05. The van der Waals surface area contributed by atoms with Crippen LogP contribution in [0.2, 0.25) is 5.02 Å². The summed E-state index contributed by atoms with van der Waals surface area (Å²) in [6.45, 7) is 6.33. The van der Waals surface area contributed by atoms with Gasteiger partial charge in [-0.05, 0) is 30.7 Å². The molecule has 21 heavy (non-hydrogen) atoms. The fourth-order valence-corrected chi connectivity index (χ4v) is 2.93. The summed E-state index contributed by atoms with van der Waals surface area (Å²) in [4.78, 5) is 0. The maximum Gasteiger partial charge on any atom is 0.151 e. The Morgan fingerprint density at radius 1 is 1.33 bits per heavy atom. The number of rotatable bonds is 7. The first-order valence-corrected chi connectivity index (χ1v) is 8.16. The van der Waals surface area contributed by atoms with Gasteiger partial charge in [0.15, 0.2) is 5.01 Å².